The Morgan fingerprint density at radius 2 is 1.76 bits per heavy atom. The van der Waals surface area contributed by atoms with Crippen molar-refractivity contribution < 1.29 is 28.6 Å². The third-order valence-corrected chi connectivity index (χ3v) is 5.81. The van der Waals surface area contributed by atoms with Gasteiger partial charge in [-0.2, -0.15) is 0 Å². The second-order valence-corrected chi connectivity index (χ2v) is 8.75. The lowest BCUT2D eigenvalue weighted by atomic mass is 9.85. The molecule has 2 heterocycles. The Bertz CT molecular complexity index is 1400. The zero-order valence-corrected chi connectivity index (χ0v) is 21.0. The van der Waals surface area contributed by atoms with E-state index in [1.54, 1.807) is 25.3 Å². The van der Waals surface area contributed by atoms with Crippen molar-refractivity contribution in [2.45, 2.75) is 19.3 Å². The monoisotopic (exact) mass is 508 g/mol. The quantitative estimate of drug-likeness (QED) is 0.286. The van der Waals surface area contributed by atoms with Gasteiger partial charge in [0.2, 0.25) is 0 Å². The molecule has 0 saturated heterocycles. The molecule has 0 aliphatic rings. The molecule has 194 valence electrons. The van der Waals surface area contributed by atoms with Crippen molar-refractivity contribution >= 4 is 28.6 Å². The molecule has 0 bridgehead atoms. The lowest BCUT2D eigenvalue weighted by molar-refractivity contribution is 0.0699. The molecule has 4 aromatic rings. The summed E-state index contributed by atoms with van der Waals surface area (Å²) < 4.78 is 23.1. The maximum Gasteiger partial charge on any atom is 0.337 e. The number of aromatic amines is 1. The van der Waals surface area contributed by atoms with Gasteiger partial charge in [-0.15, -0.1) is 0 Å². The summed E-state index contributed by atoms with van der Waals surface area (Å²) >= 11 is 0. The summed E-state index contributed by atoms with van der Waals surface area (Å²) in [5, 5.41) is 11.9. The van der Waals surface area contributed by atoms with E-state index in [0.29, 0.717) is 29.3 Å². The highest BCUT2D eigenvalue weighted by molar-refractivity contribution is 6.04. The Morgan fingerprint density at radius 3 is 2.35 bits per heavy atom. The third-order valence-electron chi connectivity index (χ3n) is 5.81. The van der Waals surface area contributed by atoms with E-state index < -0.39 is 11.8 Å². The van der Waals surface area contributed by atoms with Gasteiger partial charge in [-0.05, 0) is 42.0 Å². The first-order valence-electron chi connectivity index (χ1n) is 11.3. The van der Waals surface area contributed by atoms with Crippen LogP contribution in [0.25, 0.3) is 11.0 Å². The van der Waals surface area contributed by atoms with Gasteiger partial charge >= 0.3 is 5.97 Å². The number of fused-ring (bicyclic) bond motifs is 1. The van der Waals surface area contributed by atoms with E-state index in [-0.39, 0.29) is 22.3 Å². The van der Waals surface area contributed by atoms with E-state index in [0.717, 1.165) is 23.5 Å². The summed E-state index contributed by atoms with van der Waals surface area (Å²) in [6.45, 7) is 4.73. The molecule has 0 aliphatic heterocycles. The number of H-pyrrole nitrogens is 1. The van der Waals surface area contributed by atoms with Gasteiger partial charge in [-0.25, -0.2) is 14.2 Å². The summed E-state index contributed by atoms with van der Waals surface area (Å²) in [7, 11) is 3.10. The van der Waals surface area contributed by atoms with Crippen LogP contribution in [-0.2, 0) is 5.41 Å². The lowest BCUT2D eigenvalue weighted by Crippen LogP contribution is -2.27. The van der Waals surface area contributed by atoms with Gasteiger partial charge in [0.15, 0.2) is 11.5 Å². The molecule has 2 aromatic carbocycles. The van der Waals surface area contributed by atoms with Gasteiger partial charge < -0.3 is 30.6 Å². The number of carboxylic acids is 1. The molecular weight excluding hydrogens is 479 g/mol. The van der Waals surface area contributed by atoms with Crippen molar-refractivity contribution in [1.82, 2.24) is 9.97 Å². The number of carbonyl (C=O) groups is 2. The summed E-state index contributed by atoms with van der Waals surface area (Å²) in [6, 6.07) is 13.9. The standard InChI is InChI=1S/C19H24N2O3.C8H5FN2O2/c1-19(2,12-20)14-6-8-15(9-7-14)21-18(22)13-5-10-16(23-3)17(11-13)24-4;9-4-1-5-6(8(12)13)3-11-7(5)10-2-4/h5-11H,12,20H2,1-4H3,(H,21,22);1-3H,(H,10,11)(H,12,13). The van der Waals surface area contributed by atoms with Crippen molar-refractivity contribution in [1.29, 1.82) is 0 Å². The predicted octanol–water partition coefficient (Wildman–Crippen LogP) is 4.59. The van der Waals surface area contributed by atoms with E-state index in [4.69, 9.17) is 20.3 Å². The van der Waals surface area contributed by atoms with E-state index in [2.05, 4.69) is 29.1 Å². The number of carboxylic acid groups (broad SMARTS) is 1. The fourth-order valence-corrected chi connectivity index (χ4v) is 3.46. The Kier molecular flexibility index (Phi) is 8.46. The normalized spacial score (nSPS) is 10.9. The molecule has 0 saturated carbocycles. The van der Waals surface area contributed by atoms with Crippen LogP contribution in [0, 0.1) is 5.82 Å². The van der Waals surface area contributed by atoms with Crippen molar-refractivity contribution in [2.75, 3.05) is 26.1 Å². The molecule has 0 unspecified atom stereocenters. The smallest absolute Gasteiger partial charge is 0.337 e. The molecule has 9 nitrogen and oxygen atoms in total. The number of anilines is 1. The number of nitrogens with one attached hydrogen (secondary N) is 2. The molecule has 0 radical (unpaired) electrons. The van der Waals surface area contributed by atoms with Crippen molar-refractivity contribution in [3.05, 3.63) is 83.4 Å². The Hall–Kier alpha value is -4.44. The SMILES string of the molecule is COc1ccc(C(=O)Nc2ccc(C(C)(C)CN)cc2)cc1OC.O=C(O)c1c[nH]c2ncc(F)cc12. The number of rotatable bonds is 7. The van der Waals surface area contributed by atoms with Crippen LogP contribution >= 0.6 is 0 Å². The fraction of sp³-hybridized carbons (Fsp3) is 0.222. The van der Waals surface area contributed by atoms with Gasteiger partial charge in [-0.3, -0.25) is 4.79 Å². The molecule has 0 atom stereocenters. The lowest BCUT2D eigenvalue weighted by Gasteiger charge is -2.23. The number of halogens is 1. The number of hydrogen-bond donors (Lipinski definition) is 4. The molecule has 1 amide bonds. The molecular formula is C27H29FN4O5. The number of pyridine rings is 1. The van der Waals surface area contributed by atoms with Crippen LogP contribution in [0.4, 0.5) is 10.1 Å². The van der Waals surface area contributed by atoms with Gasteiger partial charge in [-0.1, -0.05) is 26.0 Å². The summed E-state index contributed by atoms with van der Waals surface area (Å²) in [6.07, 6.45) is 2.32. The molecule has 0 aliphatic carbocycles. The van der Waals surface area contributed by atoms with Crippen LogP contribution in [0.3, 0.4) is 0 Å². The number of amides is 1. The largest absolute Gasteiger partial charge is 0.493 e. The first-order valence-corrected chi connectivity index (χ1v) is 11.3. The number of nitrogens with zero attached hydrogens (tertiary/aromatic N) is 1. The first kappa shape index (κ1) is 27.2. The van der Waals surface area contributed by atoms with Gasteiger partial charge in [0.1, 0.15) is 11.5 Å². The second-order valence-electron chi connectivity index (χ2n) is 8.75. The van der Waals surface area contributed by atoms with Crippen LogP contribution in [0.1, 0.15) is 40.1 Å². The molecule has 4 rings (SSSR count). The van der Waals surface area contributed by atoms with Crippen LogP contribution in [-0.4, -0.2) is 47.7 Å². The van der Waals surface area contributed by atoms with Gasteiger partial charge in [0.05, 0.1) is 26.0 Å². The zero-order chi connectivity index (χ0) is 27.2. The minimum Gasteiger partial charge on any atom is -0.493 e. The minimum absolute atomic E-state index is 0.0296. The number of aromatic nitrogens is 2. The van der Waals surface area contributed by atoms with E-state index in [1.807, 2.05) is 24.3 Å². The maximum absolute atomic E-state index is 12.7. The predicted molar refractivity (Wildman–Crippen MR) is 139 cm³/mol. The zero-order valence-electron chi connectivity index (χ0n) is 21.0. The maximum atomic E-state index is 12.7. The summed E-state index contributed by atoms with van der Waals surface area (Å²) in [5.41, 5.74) is 8.47. The van der Waals surface area contributed by atoms with E-state index in [1.165, 1.54) is 13.3 Å². The first-order chi connectivity index (χ1) is 17.6. The summed E-state index contributed by atoms with van der Waals surface area (Å²) in [5.74, 6) is -0.748. The molecule has 10 heteroatoms. The van der Waals surface area contributed by atoms with Gasteiger partial charge in [0, 0.05) is 34.8 Å². The number of ether oxygens (including phenoxy) is 2. The molecule has 2 aromatic heterocycles. The third kappa shape index (κ3) is 6.42. The van der Waals surface area contributed by atoms with Crippen molar-refractivity contribution in [3.8, 4) is 11.5 Å². The Morgan fingerprint density at radius 1 is 1.08 bits per heavy atom. The minimum atomic E-state index is -1.10. The number of nitrogens with two attached hydrogens (primary N) is 1. The highest BCUT2D eigenvalue weighted by Crippen LogP contribution is 2.28. The fourth-order valence-electron chi connectivity index (χ4n) is 3.46. The molecule has 5 N–H and O–H groups in total. The van der Waals surface area contributed by atoms with Crippen LogP contribution in [0.15, 0.2) is 60.9 Å². The number of hydrogen-bond acceptors (Lipinski definition) is 6. The number of aromatic carboxylic acids is 1. The van der Waals surface area contributed by atoms with E-state index in [9.17, 15) is 14.0 Å². The van der Waals surface area contributed by atoms with Crippen LogP contribution < -0.4 is 20.5 Å². The van der Waals surface area contributed by atoms with Gasteiger partial charge in [0.25, 0.3) is 5.91 Å². The highest BCUT2D eigenvalue weighted by Gasteiger charge is 2.18. The molecule has 0 fully saturated rings. The Balaban J connectivity index is 0.000000244. The van der Waals surface area contributed by atoms with Crippen LogP contribution in [0.2, 0.25) is 0 Å². The average molecular weight is 509 g/mol. The number of carbonyl (C=O) groups excluding carboxylic acids is 1. The van der Waals surface area contributed by atoms with Crippen LogP contribution in [0.5, 0.6) is 11.5 Å². The molecule has 37 heavy (non-hydrogen) atoms. The molecule has 0 spiro atoms. The number of benzene rings is 2. The Labute approximate surface area is 213 Å². The average Bonchev–Trinajstić information content (AvgIpc) is 3.32. The van der Waals surface area contributed by atoms with Crippen molar-refractivity contribution in [2.24, 2.45) is 5.73 Å². The second kappa shape index (κ2) is 11.5. The highest BCUT2D eigenvalue weighted by atomic mass is 19.1. The van der Waals surface area contributed by atoms with E-state index >= 15 is 0 Å². The van der Waals surface area contributed by atoms with Crippen molar-refractivity contribution in [3.63, 3.8) is 0 Å². The topological polar surface area (TPSA) is 140 Å². The summed E-state index contributed by atoms with van der Waals surface area (Å²) in [4.78, 5) is 29.3. The number of methoxy groups -OCH3 is 2.